The molecule has 1 amide bonds. The van der Waals surface area contributed by atoms with Gasteiger partial charge in [-0.2, -0.15) is 0 Å². The highest BCUT2D eigenvalue weighted by Crippen LogP contribution is 2.19. The van der Waals surface area contributed by atoms with E-state index in [1.165, 1.54) is 6.07 Å². The van der Waals surface area contributed by atoms with Crippen molar-refractivity contribution >= 4 is 21.8 Å². The van der Waals surface area contributed by atoms with Gasteiger partial charge in [-0.3, -0.25) is 4.79 Å². The van der Waals surface area contributed by atoms with Crippen molar-refractivity contribution in [2.75, 3.05) is 26.2 Å². The summed E-state index contributed by atoms with van der Waals surface area (Å²) in [4.78, 5) is 14.5. The molecule has 0 aliphatic carbocycles. The Morgan fingerprint density at radius 2 is 2.33 bits per heavy atom. The zero-order chi connectivity index (χ0) is 15.2. The SMILES string of the molecule is CCCN(CC1CCCNC1)C(=O)c1ccc(Br)c(F)c1. The normalized spacial score (nSPS) is 18.5. The van der Waals surface area contributed by atoms with Gasteiger partial charge in [0.05, 0.1) is 4.47 Å². The molecule has 1 saturated heterocycles. The molecule has 0 radical (unpaired) electrons. The lowest BCUT2D eigenvalue weighted by Crippen LogP contribution is -2.41. The number of nitrogens with zero attached hydrogens (tertiary/aromatic N) is 1. The first-order valence-electron chi connectivity index (χ1n) is 7.57. The predicted octanol–water partition coefficient (Wildman–Crippen LogP) is 3.44. The summed E-state index contributed by atoms with van der Waals surface area (Å²) < 4.78 is 14.0. The Morgan fingerprint density at radius 1 is 1.52 bits per heavy atom. The van der Waals surface area contributed by atoms with Gasteiger partial charge in [-0.05, 0) is 72.4 Å². The Labute approximate surface area is 134 Å². The van der Waals surface area contributed by atoms with Gasteiger partial charge in [0.2, 0.25) is 0 Å². The molecule has 1 N–H and O–H groups in total. The molecule has 1 atom stereocenters. The van der Waals surface area contributed by atoms with E-state index in [1.54, 1.807) is 12.1 Å². The molecule has 0 saturated carbocycles. The molecule has 1 heterocycles. The van der Waals surface area contributed by atoms with Gasteiger partial charge in [-0.1, -0.05) is 6.92 Å². The molecule has 1 fully saturated rings. The standard InChI is InChI=1S/C16H22BrFN2O/c1-2-8-20(11-12-4-3-7-19-10-12)16(21)13-5-6-14(17)15(18)9-13/h5-6,9,12,19H,2-4,7-8,10-11H2,1H3. The highest BCUT2D eigenvalue weighted by Gasteiger charge is 2.21. The van der Waals surface area contributed by atoms with Crippen LogP contribution in [-0.4, -0.2) is 37.0 Å². The van der Waals surface area contributed by atoms with Crippen molar-refractivity contribution in [1.29, 1.82) is 0 Å². The molecule has 1 aliphatic rings. The summed E-state index contributed by atoms with van der Waals surface area (Å²) in [6.45, 7) is 5.55. The van der Waals surface area contributed by atoms with Gasteiger partial charge in [0, 0.05) is 18.7 Å². The van der Waals surface area contributed by atoms with Crippen LogP contribution in [0.2, 0.25) is 0 Å². The molecule has 116 valence electrons. The van der Waals surface area contributed by atoms with Crippen molar-refractivity contribution in [3.8, 4) is 0 Å². The maximum atomic E-state index is 13.6. The van der Waals surface area contributed by atoms with Gasteiger partial charge < -0.3 is 10.2 Å². The molecule has 21 heavy (non-hydrogen) atoms. The van der Waals surface area contributed by atoms with E-state index in [9.17, 15) is 9.18 Å². The number of carbonyl (C=O) groups excluding carboxylic acids is 1. The van der Waals surface area contributed by atoms with Crippen LogP contribution in [0.1, 0.15) is 36.5 Å². The average Bonchev–Trinajstić information content (AvgIpc) is 2.50. The van der Waals surface area contributed by atoms with Gasteiger partial charge in [0.1, 0.15) is 5.82 Å². The number of rotatable bonds is 5. The van der Waals surface area contributed by atoms with Crippen LogP contribution in [0, 0.1) is 11.7 Å². The molecule has 2 rings (SSSR count). The van der Waals surface area contributed by atoms with Crippen molar-refractivity contribution < 1.29 is 9.18 Å². The third-order valence-corrected chi connectivity index (χ3v) is 4.47. The number of hydrogen-bond donors (Lipinski definition) is 1. The summed E-state index contributed by atoms with van der Waals surface area (Å²) in [5.41, 5.74) is 0.424. The lowest BCUT2D eigenvalue weighted by atomic mass is 9.98. The smallest absolute Gasteiger partial charge is 0.253 e. The zero-order valence-corrected chi connectivity index (χ0v) is 14.0. The number of benzene rings is 1. The fourth-order valence-corrected chi connectivity index (χ4v) is 3.00. The van der Waals surface area contributed by atoms with Crippen LogP contribution in [0.4, 0.5) is 4.39 Å². The molecule has 0 bridgehead atoms. The molecule has 1 aromatic rings. The van der Waals surface area contributed by atoms with Crippen LogP contribution in [0.5, 0.6) is 0 Å². The molecule has 3 nitrogen and oxygen atoms in total. The molecule has 1 aliphatic heterocycles. The number of hydrogen-bond acceptors (Lipinski definition) is 2. The van der Waals surface area contributed by atoms with Crippen LogP contribution in [0.3, 0.4) is 0 Å². The fraction of sp³-hybridized carbons (Fsp3) is 0.562. The molecular weight excluding hydrogens is 335 g/mol. The second-order valence-corrected chi connectivity index (χ2v) is 6.45. The summed E-state index contributed by atoms with van der Waals surface area (Å²) in [6, 6.07) is 4.58. The van der Waals surface area contributed by atoms with Crippen molar-refractivity contribution in [2.24, 2.45) is 5.92 Å². The average molecular weight is 357 g/mol. The van der Waals surface area contributed by atoms with E-state index in [0.717, 1.165) is 38.9 Å². The molecule has 1 aromatic carbocycles. The van der Waals surface area contributed by atoms with Crippen LogP contribution in [0.25, 0.3) is 0 Å². The van der Waals surface area contributed by atoms with E-state index >= 15 is 0 Å². The fourth-order valence-electron chi connectivity index (χ4n) is 2.75. The Hall–Kier alpha value is -0.940. The second kappa shape index (κ2) is 7.90. The van der Waals surface area contributed by atoms with E-state index in [4.69, 9.17) is 0 Å². The summed E-state index contributed by atoms with van der Waals surface area (Å²) >= 11 is 3.12. The van der Waals surface area contributed by atoms with E-state index in [-0.39, 0.29) is 5.91 Å². The van der Waals surface area contributed by atoms with E-state index in [2.05, 4.69) is 28.2 Å². The Kier molecular flexibility index (Phi) is 6.18. The Balaban J connectivity index is 2.08. The van der Waals surface area contributed by atoms with Gasteiger partial charge in [-0.15, -0.1) is 0 Å². The number of nitrogens with one attached hydrogen (secondary N) is 1. The second-order valence-electron chi connectivity index (χ2n) is 5.59. The summed E-state index contributed by atoms with van der Waals surface area (Å²) in [5, 5.41) is 3.37. The number of amides is 1. The summed E-state index contributed by atoms with van der Waals surface area (Å²) in [5.74, 6) is 0.0278. The zero-order valence-electron chi connectivity index (χ0n) is 12.4. The van der Waals surface area contributed by atoms with Crippen LogP contribution >= 0.6 is 15.9 Å². The van der Waals surface area contributed by atoms with Crippen molar-refractivity contribution in [2.45, 2.75) is 26.2 Å². The van der Waals surface area contributed by atoms with E-state index in [0.29, 0.717) is 22.5 Å². The Morgan fingerprint density at radius 3 is 2.95 bits per heavy atom. The van der Waals surface area contributed by atoms with Gasteiger partial charge in [0.25, 0.3) is 5.91 Å². The quantitative estimate of drug-likeness (QED) is 0.876. The van der Waals surface area contributed by atoms with Crippen molar-refractivity contribution in [1.82, 2.24) is 10.2 Å². The first-order chi connectivity index (χ1) is 10.1. The molecule has 1 unspecified atom stereocenters. The first-order valence-corrected chi connectivity index (χ1v) is 8.36. The molecule has 0 aromatic heterocycles. The highest BCUT2D eigenvalue weighted by molar-refractivity contribution is 9.10. The van der Waals surface area contributed by atoms with Gasteiger partial charge in [0.15, 0.2) is 0 Å². The lowest BCUT2D eigenvalue weighted by Gasteiger charge is -2.30. The van der Waals surface area contributed by atoms with Crippen LogP contribution < -0.4 is 5.32 Å². The van der Waals surface area contributed by atoms with Gasteiger partial charge >= 0.3 is 0 Å². The third kappa shape index (κ3) is 4.51. The number of carbonyl (C=O) groups is 1. The third-order valence-electron chi connectivity index (χ3n) is 3.82. The molecule has 0 spiro atoms. The van der Waals surface area contributed by atoms with Gasteiger partial charge in [-0.25, -0.2) is 4.39 Å². The van der Waals surface area contributed by atoms with Crippen LogP contribution in [0.15, 0.2) is 22.7 Å². The highest BCUT2D eigenvalue weighted by atomic mass is 79.9. The topological polar surface area (TPSA) is 32.3 Å². The minimum absolute atomic E-state index is 0.0752. The monoisotopic (exact) mass is 356 g/mol. The summed E-state index contributed by atoms with van der Waals surface area (Å²) in [6.07, 6.45) is 3.21. The molecule has 5 heteroatoms. The summed E-state index contributed by atoms with van der Waals surface area (Å²) in [7, 11) is 0. The van der Waals surface area contributed by atoms with E-state index < -0.39 is 5.82 Å². The number of halogens is 2. The van der Waals surface area contributed by atoms with E-state index in [1.807, 2.05) is 4.90 Å². The minimum Gasteiger partial charge on any atom is -0.338 e. The van der Waals surface area contributed by atoms with Crippen molar-refractivity contribution in [3.63, 3.8) is 0 Å². The Bertz CT molecular complexity index is 489. The lowest BCUT2D eigenvalue weighted by molar-refractivity contribution is 0.0718. The number of piperidine rings is 1. The minimum atomic E-state index is -0.392. The molecular formula is C16H22BrFN2O. The predicted molar refractivity (Wildman–Crippen MR) is 85.9 cm³/mol. The largest absolute Gasteiger partial charge is 0.338 e. The van der Waals surface area contributed by atoms with Crippen LogP contribution in [-0.2, 0) is 0 Å². The van der Waals surface area contributed by atoms with Crippen molar-refractivity contribution in [3.05, 3.63) is 34.1 Å². The maximum Gasteiger partial charge on any atom is 0.253 e. The first kappa shape index (κ1) is 16.4. The maximum absolute atomic E-state index is 13.6.